The van der Waals surface area contributed by atoms with Gasteiger partial charge in [0.25, 0.3) is 5.91 Å². The number of carbonyl (C=O) groups excluding carboxylic acids is 1. The van der Waals surface area contributed by atoms with Crippen molar-refractivity contribution in [1.82, 2.24) is 20.3 Å². The molecule has 0 spiro atoms. The highest BCUT2D eigenvalue weighted by Gasteiger charge is 2.25. The van der Waals surface area contributed by atoms with E-state index in [1.807, 2.05) is 0 Å². The number of likely N-dealkylation sites (tertiary alicyclic amines) is 1. The lowest BCUT2D eigenvalue weighted by Gasteiger charge is -2.26. The van der Waals surface area contributed by atoms with Crippen LogP contribution in [0.15, 0.2) is 18.5 Å². The largest absolute Gasteiger partial charge is 0.365 e. The predicted octanol–water partition coefficient (Wildman–Crippen LogP) is 3.13. The summed E-state index contributed by atoms with van der Waals surface area (Å²) in [7, 11) is 0. The molecule has 1 aromatic rings. The van der Waals surface area contributed by atoms with E-state index in [4.69, 9.17) is 9.57 Å². The van der Waals surface area contributed by atoms with Crippen LogP contribution in [-0.4, -0.2) is 59.3 Å². The molecule has 0 bridgehead atoms. The molecule has 1 aliphatic carbocycles. The third kappa shape index (κ3) is 7.26. The Morgan fingerprint density at radius 1 is 1.13 bits per heavy atom. The molecule has 170 valence electrons. The number of aromatic nitrogens is 2. The third-order valence-electron chi connectivity index (χ3n) is 6.37. The summed E-state index contributed by atoms with van der Waals surface area (Å²) >= 11 is 0. The van der Waals surface area contributed by atoms with Crippen molar-refractivity contribution in [3.8, 4) is 0 Å². The lowest BCUT2D eigenvalue weighted by atomic mass is 9.89. The summed E-state index contributed by atoms with van der Waals surface area (Å²) in [6.07, 6.45) is 17.1. The second kappa shape index (κ2) is 11.5. The van der Waals surface area contributed by atoms with Gasteiger partial charge in [0.1, 0.15) is 5.82 Å². The van der Waals surface area contributed by atoms with Crippen LogP contribution < -0.4 is 10.8 Å². The van der Waals surface area contributed by atoms with Gasteiger partial charge in [-0.2, -0.15) is 0 Å². The van der Waals surface area contributed by atoms with E-state index in [-0.39, 0.29) is 12.2 Å². The minimum absolute atomic E-state index is 0.345. The van der Waals surface area contributed by atoms with E-state index in [0.29, 0.717) is 18.3 Å². The van der Waals surface area contributed by atoms with Crippen molar-refractivity contribution in [1.29, 1.82) is 0 Å². The fraction of sp³-hybridized carbons (Fsp3) is 0.696. The van der Waals surface area contributed by atoms with E-state index in [2.05, 4.69) is 25.7 Å². The highest BCUT2D eigenvalue weighted by molar-refractivity contribution is 5.90. The van der Waals surface area contributed by atoms with E-state index in [1.165, 1.54) is 44.7 Å². The lowest BCUT2D eigenvalue weighted by molar-refractivity contribution is -0.198. The van der Waals surface area contributed by atoms with Crippen molar-refractivity contribution >= 4 is 17.8 Å². The lowest BCUT2D eigenvalue weighted by Crippen LogP contribution is -2.32. The van der Waals surface area contributed by atoms with Gasteiger partial charge in [-0.3, -0.25) is 9.78 Å². The minimum atomic E-state index is -0.356. The summed E-state index contributed by atoms with van der Waals surface area (Å²) in [6, 6.07) is 0.421. The van der Waals surface area contributed by atoms with E-state index in [1.54, 1.807) is 18.5 Å². The van der Waals surface area contributed by atoms with Gasteiger partial charge < -0.3 is 15.0 Å². The van der Waals surface area contributed by atoms with Crippen LogP contribution in [0.25, 0.3) is 6.08 Å². The first-order valence-corrected chi connectivity index (χ1v) is 11.8. The van der Waals surface area contributed by atoms with Crippen molar-refractivity contribution in [2.45, 2.75) is 70.1 Å². The Morgan fingerprint density at radius 3 is 2.77 bits per heavy atom. The van der Waals surface area contributed by atoms with Gasteiger partial charge in [0.2, 0.25) is 0 Å². The van der Waals surface area contributed by atoms with Crippen molar-refractivity contribution in [2.24, 2.45) is 5.92 Å². The highest BCUT2D eigenvalue weighted by Crippen LogP contribution is 2.26. The molecule has 2 saturated heterocycles. The Morgan fingerprint density at radius 2 is 2.00 bits per heavy atom. The maximum Gasteiger partial charge on any atom is 0.267 e. The number of ether oxygens (including phenoxy) is 1. The van der Waals surface area contributed by atoms with Crippen LogP contribution in [0.3, 0.4) is 0 Å². The van der Waals surface area contributed by atoms with E-state index in [9.17, 15) is 4.79 Å². The normalized spacial score (nSPS) is 25.7. The molecule has 0 aromatic carbocycles. The quantitative estimate of drug-likeness (QED) is 0.485. The summed E-state index contributed by atoms with van der Waals surface area (Å²) < 4.78 is 5.41. The molecule has 1 unspecified atom stereocenters. The molecular formula is C23H35N5O3. The van der Waals surface area contributed by atoms with Gasteiger partial charge in [-0.15, -0.1) is 0 Å². The zero-order valence-corrected chi connectivity index (χ0v) is 18.3. The number of rotatable bonds is 8. The van der Waals surface area contributed by atoms with Crippen LogP contribution in [0, 0.1) is 5.92 Å². The van der Waals surface area contributed by atoms with Crippen LogP contribution >= 0.6 is 0 Å². The number of anilines is 1. The van der Waals surface area contributed by atoms with Gasteiger partial charge in [-0.05, 0) is 44.1 Å². The van der Waals surface area contributed by atoms with Crippen LogP contribution in [0.2, 0.25) is 0 Å². The van der Waals surface area contributed by atoms with E-state index < -0.39 is 0 Å². The molecule has 1 saturated carbocycles. The molecule has 3 aliphatic rings. The molecule has 3 fully saturated rings. The highest BCUT2D eigenvalue weighted by atomic mass is 16.8. The van der Waals surface area contributed by atoms with Crippen LogP contribution in [0.1, 0.15) is 63.5 Å². The number of nitrogens with one attached hydrogen (secondary N) is 2. The van der Waals surface area contributed by atoms with Gasteiger partial charge in [-0.1, -0.05) is 19.3 Å². The minimum Gasteiger partial charge on any atom is -0.365 e. The first kappa shape index (κ1) is 22.2. The van der Waals surface area contributed by atoms with Gasteiger partial charge >= 0.3 is 0 Å². The number of nitrogens with zero attached hydrogens (tertiary/aromatic N) is 3. The zero-order chi connectivity index (χ0) is 21.3. The first-order chi connectivity index (χ1) is 15.2. The molecule has 2 atom stereocenters. The van der Waals surface area contributed by atoms with Crippen LogP contribution in [-0.2, 0) is 14.4 Å². The second-order valence-corrected chi connectivity index (χ2v) is 8.93. The Bertz CT molecular complexity index is 714. The molecule has 2 N–H and O–H groups in total. The monoisotopic (exact) mass is 429 g/mol. The molecule has 4 rings (SSSR count). The number of amides is 1. The van der Waals surface area contributed by atoms with E-state index in [0.717, 1.165) is 50.5 Å². The average molecular weight is 430 g/mol. The Hall–Kier alpha value is -2.03. The summed E-state index contributed by atoms with van der Waals surface area (Å²) in [6.45, 7) is 4.15. The SMILES string of the molecule is O=C(C=Cc1cnc(N[C@@H]2CCN(CC3CCCCC3)C2)cn1)NOC1CCCCO1. The molecule has 1 amide bonds. The Kier molecular flexibility index (Phi) is 8.26. The van der Waals surface area contributed by atoms with Gasteiger partial charge in [0, 0.05) is 44.8 Å². The number of carbonyl (C=O) groups is 1. The third-order valence-corrected chi connectivity index (χ3v) is 6.37. The van der Waals surface area contributed by atoms with Gasteiger partial charge in [0.15, 0.2) is 6.29 Å². The summed E-state index contributed by atoms with van der Waals surface area (Å²) in [4.78, 5) is 28.6. The molecule has 31 heavy (non-hydrogen) atoms. The summed E-state index contributed by atoms with van der Waals surface area (Å²) in [5.41, 5.74) is 3.02. The standard InChI is InChI=1S/C23H35N5O3/c29-22(27-31-23-8-4-5-13-30-23)10-9-19-14-25-21(15-24-19)26-20-11-12-28(17-20)16-18-6-2-1-3-7-18/h9-10,14-15,18,20,23H,1-8,11-13,16-17H2,(H,25,26)(H,27,29)/t20-,23?/m1/s1. The summed E-state index contributed by atoms with van der Waals surface area (Å²) in [5.74, 6) is 1.32. The maximum atomic E-state index is 11.9. The maximum absolute atomic E-state index is 11.9. The first-order valence-electron chi connectivity index (χ1n) is 11.8. The average Bonchev–Trinajstić information content (AvgIpc) is 3.25. The van der Waals surface area contributed by atoms with Gasteiger partial charge in [-0.25, -0.2) is 15.3 Å². The van der Waals surface area contributed by atoms with Crippen molar-refractivity contribution in [3.63, 3.8) is 0 Å². The smallest absolute Gasteiger partial charge is 0.267 e. The molecule has 1 aromatic heterocycles. The van der Waals surface area contributed by atoms with Crippen LogP contribution in [0.4, 0.5) is 5.82 Å². The number of hydrogen-bond donors (Lipinski definition) is 2. The van der Waals surface area contributed by atoms with Gasteiger partial charge in [0.05, 0.1) is 18.1 Å². The second-order valence-electron chi connectivity index (χ2n) is 8.93. The zero-order valence-electron chi connectivity index (χ0n) is 18.3. The number of hydroxylamine groups is 1. The molecule has 2 aliphatic heterocycles. The fourth-order valence-electron chi connectivity index (χ4n) is 4.68. The van der Waals surface area contributed by atoms with E-state index >= 15 is 0 Å². The Balaban J connectivity index is 1.17. The van der Waals surface area contributed by atoms with Crippen molar-refractivity contribution in [2.75, 3.05) is 31.6 Å². The van der Waals surface area contributed by atoms with Crippen molar-refractivity contribution in [3.05, 3.63) is 24.2 Å². The summed E-state index contributed by atoms with van der Waals surface area (Å²) in [5, 5.41) is 3.50. The fourth-order valence-corrected chi connectivity index (χ4v) is 4.68. The predicted molar refractivity (Wildman–Crippen MR) is 119 cm³/mol. The molecule has 0 radical (unpaired) electrons. The Labute approximate surface area is 184 Å². The topological polar surface area (TPSA) is 88.6 Å². The van der Waals surface area contributed by atoms with Crippen LogP contribution in [0.5, 0.6) is 0 Å². The number of hydrogen-bond acceptors (Lipinski definition) is 7. The van der Waals surface area contributed by atoms with Crippen molar-refractivity contribution < 1.29 is 14.4 Å². The molecule has 3 heterocycles. The molecule has 8 nitrogen and oxygen atoms in total. The molecule has 8 heteroatoms. The molecular weight excluding hydrogens is 394 g/mol.